The second kappa shape index (κ2) is 5.73. The first kappa shape index (κ1) is 12.7. The summed E-state index contributed by atoms with van der Waals surface area (Å²) in [6.07, 6.45) is 9.41. The minimum Gasteiger partial charge on any atom is -0.361 e. The van der Waals surface area contributed by atoms with Crippen molar-refractivity contribution in [3.63, 3.8) is 0 Å². The summed E-state index contributed by atoms with van der Waals surface area (Å²) < 4.78 is 0. The van der Waals surface area contributed by atoms with E-state index in [4.69, 9.17) is 4.84 Å². The normalized spacial score (nSPS) is 18.8. The lowest BCUT2D eigenvalue weighted by Crippen LogP contribution is -2.44. The zero-order valence-electron chi connectivity index (χ0n) is 11.1. The number of carbonyl (C=O) groups is 1. The van der Waals surface area contributed by atoms with E-state index >= 15 is 0 Å². The number of rotatable bonds is 3. The van der Waals surface area contributed by atoms with Crippen molar-refractivity contribution in [2.75, 3.05) is 13.2 Å². The van der Waals surface area contributed by atoms with E-state index in [2.05, 4.69) is 10.1 Å². The highest BCUT2D eigenvalue weighted by molar-refractivity contribution is 5.99. The quantitative estimate of drug-likeness (QED) is 0.837. The average molecular weight is 272 g/mol. The molecule has 0 radical (unpaired) electrons. The van der Waals surface area contributed by atoms with E-state index in [0.29, 0.717) is 18.9 Å². The first-order chi connectivity index (χ1) is 9.84. The Morgan fingerprint density at radius 3 is 3.10 bits per heavy atom. The minimum absolute atomic E-state index is 0.196. The molecular formula is C14H16N4O2. The van der Waals surface area contributed by atoms with Gasteiger partial charge in [0, 0.05) is 37.1 Å². The summed E-state index contributed by atoms with van der Waals surface area (Å²) >= 11 is 0. The Hall–Kier alpha value is -2.37. The molecule has 1 amide bonds. The van der Waals surface area contributed by atoms with Crippen molar-refractivity contribution in [2.24, 2.45) is 5.16 Å². The largest absolute Gasteiger partial charge is 0.361 e. The summed E-state index contributed by atoms with van der Waals surface area (Å²) in [4.78, 5) is 24.8. The van der Waals surface area contributed by atoms with Crippen molar-refractivity contribution in [3.05, 3.63) is 42.6 Å². The number of carbonyl (C=O) groups excluding carboxylic acids is 1. The van der Waals surface area contributed by atoms with Crippen molar-refractivity contribution >= 4 is 11.7 Å². The van der Waals surface area contributed by atoms with Crippen molar-refractivity contribution in [3.8, 4) is 0 Å². The van der Waals surface area contributed by atoms with Crippen LogP contribution in [0.4, 0.5) is 0 Å². The maximum absolute atomic E-state index is 11.9. The SMILES string of the molecule is O=C1CCCCN1CN1C=CON=C1c1cccnc1. The summed E-state index contributed by atoms with van der Waals surface area (Å²) in [5.74, 6) is 0.862. The molecule has 20 heavy (non-hydrogen) atoms. The molecule has 6 nitrogen and oxygen atoms in total. The molecule has 0 saturated carbocycles. The molecule has 0 unspecified atom stereocenters. The average Bonchev–Trinajstić information content (AvgIpc) is 2.51. The fourth-order valence-corrected chi connectivity index (χ4v) is 2.33. The van der Waals surface area contributed by atoms with Crippen molar-refractivity contribution in [1.29, 1.82) is 0 Å². The summed E-state index contributed by atoms with van der Waals surface area (Å²) in [7, 11) is 0. The van der Waals surface area contributed by atoms with Gasteiger partial charge in [-0.2, -0.15) is 0 Å². The second-order valence-corrected chi connectivity index (χ2v) is 4.77. The molecular weight excluding hydrogens is 256 g/mol. The van der Waals surface area contributed by atoms with Crippen LogP contribution in [0.5, 0.6) is 0 Å². The number of oxime groups is 1. The van der Waals surface area contributed by atoms with Gasteiger partial charge in [0.2, 0.25) is 5.91 Å². The van der Waals surface area contributed by atoms with Crippen LogP contribution in [0.2, 0.25) is 0 Å². The Labute approximate surface area is 117 Å². The molecule has 1 saturated heterocycles. The summed E-state index contributed by atoms with van der Waals surface area (Å²) in [5.41, 5.74) is 0.862. The molecule has 3 rings (SSSR count). The highest BCUT2D eigenvalue weighted by Crippen LogP contribution is 2.15. The van der Waals surface area contributed by atoms with Crippen LogP contribution in [0.3, 0.4) is 0 Å². The Morgan fingerprint density at radius 2 is 2.30 bits per heavy atom. The van der Waals surface area contributed by atoms with Gasteiger partial charge < -0.3 is 14.6 Å². The summed E-state index contributed by atoms with van der Waals surface area (Å²) in [6.45, 7) is 1.29. The second-order valence-electron chi connectivity index (χ2n) is 4.77. The minimum atomic E-state index is 0.196. The van der Waals surface area contributed by atoms with Crippen LogP contribution in [0.15, 0.2) is 42.1 Å². The summed E-state index contributed by atoms with van der Waals surface area (Å²) in [6, 6.07) is 3.76. The van der Waals surface area contributed by atoms with E-state index in [-0.39, 0.29) is 5.91 Å². The Kier molecular flexibility index (Phi) is 3.62. The van der Waals surface area contributed by atoms with Crippen molar-refractivity contribution in [2.45, 2.75) is 19.3 Å². The molecule has 2 aliphatic heterocycles. The predicted octanol–water partition coefficient (Wildman–Crippen LogP) is 1.52. The molecule has 104 valence electrons. The molecule has 1 aromatic heterocycles. The fourth-order valence-electron chi connectivity index (χ4n) is 2.33. The van der Waals surface area contributed by atoms with Crippen LogP contribution >= 0.6 is 0 Å². The topological polar surface area (TPSA) is 58.0 Å². The number of piperidine rings is 1. The smallest absolute Gasteiger partial charge is 0.223 e. The van der Waals surface area contributed by atoms with Crippen LogP contribution < -0.4 is 0 Å². The molecule has 6 heteroatoms. The van der Waals surface area contributed by atoms with E-state index in [1.165, 1.54) is 6.26 Å². The Balaban J connectivity index is 1.77. The Bertz CT molecular complexity index is 541. The first-order valence-corrected chi connectivity index (χ1v) is 6.70. The lowest BCUT2D eigenvalue weighted by atomic mass is 10.1. The zero-order valence-corrected chi connectivity index (χ0v) is 11.1. The molecule has 1 fully saturated rings. The number of hydrogen-bond acceptors (Lipinski definition) is 5. The van der Waals surface area contributed by atoms with E-state index in [1.807, 2.05) is 21.9 Å². The van der Waals surface area contributed by atoms with Crippen LogP contribution in [0.1, 0.15) is 24.8 Å². The van der Waals surface area contributed by atoms with Gasteiger partial charge in [-0.05, 0) is 25.0 Å². The highest BCUT2D eigenvalue weighted by atomic mass is 16.6. The van der Waals surface area contributed by atoms with Crippen molar-refractivity contribution in [1.82, 2.24) is 14.8 Å². The number of likely N-dealkylation sites (tertiary alicyclic amines) is 1. The third-order valence-corrected chi connectivity index (χ3v) is 3.38. The molecule has 0 atom stereocenters. The molecule has 0 N–H and O–H groups in total. The van der Waals surface area contributed by atoms with E-state index in [9.17, 15) is 4.79 Å². The van der Waals surface area contributed by atoms with Gasteiger partial charge in [0.05, 0.1) is 6.67 Å². The number of amides is 1. The van der Waals surface area contributed by atoms with Gasteiger partial charge in [-0.1, -0.05) is 5.16 Å². The molecule has 0 aromatic carbocycles. The van der Waals surface area contributed by atoms with Gasteiger partial charge in [0.15, 0.2) is 5.84 Å². The standard InChI is InChI=1S/C14H16N4O2/c19-13-5-1-2-7-17(13)11-18-8-9-20-16-14(18)12-4-3-6-15-10-12/h3-4,6,8-10H,1-2,5,7,11H2. The van der Waals surface area contributed by atoms with Gasteiger partial charge in [-0.15, -0.1) is 0 Å². The van der Waals surface area contributed by atoms with Crippen LogP contribution in [0.25, 0.3) is 0 Å². The first-order valence-electron chi connectivity index (χ1n) is 6.70. The van der Waals surface area contributed by atoms with Gasteiger partial charge in [-0.25, -0.2) is 0 Å². The molecule has 1 aromatic rings. The van der Waals surface area contributed by atoms with Crippen LogP contribution in [-0.2, 0) is 9.63 Å². The summed E-state index contributed by atoms with van der Waals surface area (Å²) in [5, 5.41) is 4.05. The van der Waals surface area contributed by atoms with Gasteiger partial charge in [0.1, 0.15) is 6.26 Å². The van der Waals surface area contributed by atoms with Gasteiger partial charge >= 0.3 is 0 Å². The van der Waals surface area contributed by atoms with Crippen molar-refractivity contribution < 1.29 is 9.63 Å². The third kappa shape index (κ3) is 2.64. The monoisotopic (exact) mass is 272 g/mol. The maximum Gasteiger partial charge on any atom is 0.223 e. The number of pyridine rings is 1. The lowest BCUT2D eigenvalue weighted by Gasteiger charge is -2.33. The Morgan fingerprint density at radius 1 is 1.35 bits per heavy atom. The number of aromatic nitrogens is 1. The number of amidine groups is 1. The van der Waals surface area contributed by atoms with Crippen LogP contribution in [0, 0.1) is 0 Å². The lowest BCUT2D eigenvalue weighted by molar-refractivity contribution is -0.134. The zero-order chi connectivity index (χ0) is 13.8. The molecule has 0 aliphatic carbocycles. The highest BCUT2D eigenvalue weighted by Gasteiger charge is 2.23. The van der Waals surface area contributed by atoms with Crippen LogP contribution in [-0.4, -0.2) is 39.7 Å². The van der Waals surface area contributed by atoms with E-state index in [1.54, 1.807) is 18.6 Å². The molecule has 0 bridgehead atoms. The number of hydrogen-bond donors (Lipinski definition) is 0. The molecule has 3 heterocycles. The van der Waals surface area contributed by atoms with Gasteiger partial charge in [-0.3, -0.25) is 9.78 Å². The molecule has 0 spiro atoms. The number of nitrogens with zero attached hydrogens (tertiary/aromatic N) is 4. The fraction of sp³-hybridized carbons (Fsp3) is 0.357. The predicted molar refractivity (Wildman–Crippen MR) is 73.3 cm³/mol. The van der Waals surface area contributed by atoms with E-state index < -0.39 is 0 Å². The van der Waals surface area contributed by atoms with Gasteiger partial charge in [0.25, 0.3) is 0 Å². The molecule has 2 aliphatic rings. The van der Waals surface area contributed by atoms with E-state index in [0.717, 1.165) is 24.9 Å². The third-order valence-electron chi connectivity index (χ3n) is 3.38. The maximum atomic E-state index is 11.9.